The minimum absolute atomic E-state index is 0.622. The minimum Gasteiger partial charge on any atom is -0.481 e. The van der Waals surface area contributed by atoms with Gasteiger partial charge in [-0.05, 0) is 13.0 Å². The number of hydrogen-bond acceptors (Lipinski definition) is 5. The van der Waals surface area contributed by atoms with Gasteiger partial charge in [-0.15, -0.1) is 0 Å². The topological polar surface area (TPSA) is 50.3 Å². The molecule has 1 aliphatic heterocycles. The molecule has 2 heterocycles. The molecule has 0 spiro atoms. The molecule has 82 valence electrons. The number of nitrogens with zero attached hydrogens (tertiary/aromatic N) is 3. The van der Waals surface area contributed by atoms with Crippen molar-refractivity contribution in [3.63, 3.8) is 0 Å². The number of ether oxygens (including phenoxy) is 1. The first-order valence-electron chi connectivity index (χ1n) is 5.23. The summed E-state index contributed by atoms with van der Waals surface area (Å²) < 4.78 is 5.08. The summed E-state index contributed by atoms with van der Waals surface area (Å²) in [5, 5.41) is 3.35. The number of rotatable bonds is 2. The molecule has 5 nitrogen and oxygen atoms in total. The molecule has 1 fully saturated rings. The lowest BCUT2D eigenvalue weighted by atomic mass is 10.4. The number of anilines is 1. The molecule has 1 N–H and O–H groups in total. The third-order valence-corrected chi connectivity index (χ3v) is 2.45. The number of methoxy groups -OCH3 is 1. The van der Waals surface area contributed by atoms with Crippen LogP contribution in [0.1, 0.15) is 6.42 Å². The molecule has 1 aliphatic rings. The molecule has 1 saturated heterocycles. The highest BCUT2D eigenvalue weighted by molar-refractivity contribution is 5.32. The molecule has 15 heavy (non-hydrogen) atoms. The fraction of sp³-hybridized carbons (Fsp3) is 0.600. The molecule has 0 atom stereocenters. The lowest BCUT2D eigenvalue weighted by Crippen LogP contribution is -2.29. The van der Waals surface area contributed by atoms with Gasteiger partial charge in [-0.25, -0.2) is 4.98 Å². The van der Waals surface area contributed by atoms with Crippen molar-refractivity contribution in [3.05, 3.63) is 12.3 Å². The van der Waals surface area contributed by atoms with Crippen molar-refractivity contribution >= 4 is 5.95 Å². The highest BCUT2D eigenvalue weighted by Crippen LogP contribution is 2.12. The van der Waals surface area contributed by atoms with Gasteiger partial charge < -0.3 is 15.0 Å². The molecule has 0 unspecified atom stereocenters. The SMILES string of the molecule is COc1ccnc(N2CCCNCC2)n1. The number of aromatic nitrogens is 2. The van der Waals surface area contributed by atoms with Gasteiger partial charge in [0.1, 0.15) is 0 Å². The summed E-state index contributed by atoms with van der Waals surface area (Å²) in [6, 6.07) is 1.76. The maximum atomic E-state index is 5.08. The normalized spacial score (nSPS) is 17.3. The molecule has 1 aromatic rings. The summed E-state index contributed by atoms with van der Waals surface area (Å²) in [5.74, 6) is 1.38. The molecule has 0 amide bonds. The first kappa shape index (κ1) is 10.2. The zero-order valence-corrected chi connectivity index (χ0v) is 8.94. The van der Waals surface area contributed by atoms with Crippen LogP contribution in [0.25, 0.3) is 0 Å². The predicted molar refractivity (Wildman–Crippen MR) is 58.3 cm³/mol. The van der Waals surface area contributed by atoms with Gasteiger partial charge in [-0.2, -0.15) is 4.98 Å². The van der Waals surface area contributed by atoms with Crippen LogP contribution in [-0.2, 0) is 0 Å². The number of hydrogen-bond donors (Lipinski definition) is 1. The molecular formula is C10H16N4O. The maximum absolute atomic E-state index is 5.08. The van der Waals surface area contributed by atoms with Crippen molar-refractivity contribution in [1.82, 2.24) is 15.3 Å². The van der Waals surface area contributed by atoms with Crippen LogP contribution in [-0.4, -0.2) is 43.3 Å². The molecule has 1 aromatic heterocycles. The van der Waals surface area contributed by atoms with Gasteiger partial charge in [0.05, 0.1) is 7.11 Å². The fourth-order valence-corrected chi connectivity index (χ4v) is 1.64. The average Bonchev–Trinajstić information content (AvgIpc) is 2.58. The maximum Gasteiger partial charge on any atom is 0.228 e. The Labute approximate surface area is 89.5 Å². The van der Waals surface area contributed by atoms with E-state index in [1.807, 2.05) is 0 Å². The smallest absolute Gasteiger partial charge is 0.228 e. The minimum atomic E-state index is 0.622. The van der Waals surface area contributed by atoms with E-state index in [9.17, 15) is 0 Å². The van der Waals surface area contributed by atoms with Crippen LogP contribution in [0.5, 0.6) is 5.88 Å². The van der Waals surface area contributed by atoms with Gasteiger partial charge in [-0.1, -0.05) is 0 Å². The first-order valence-corrected chi connectivity index (χ1v) is 5.23. The molecule has 2 rings (SSSR count). The molecule has 5 heteroatoms. The summed E-state index contributed by atoms with van der Waals surface area (Å²) >= 11 is 0. The van der Waals surface area contributed by atoms with Crippen molar-refractivity contribution in [2.75, 3.05) is 38.2 Å². The van der Waals surface area contributed by atoms with Gasteiger partial charge in [0.25, 0.3) is 0 Å². The zero-order chi connectivity index (χ0) is 10.5. The van der Waals surface area contributed by atoms with E-state index in [1.54, 1.807) is 19.4 Å². The lowest BCUT2D eigenvalue weighted by molar-refractivity contribution is 0.396. The lowest BCUT2D eigenvalue weighted by Gasteiger charge is -2.19. The molecule has 0 aromatic carbocycles. The second kappa shape index (κ2) is 4.93. The van der Waals surface area contributed by atoms with Crippen LogP contribution in [0.4, 0.5) is 5.95 Å². The van der Waals surface area contributed by atoms with Crippen molar-refractivity contribution in [3.8, 4) is 5.88 Å². The second-order valence-corrected chi connectivity index (χ2v) is 3.49. The Morgan fingerprint density at radius 1 is 1.40 bits per heavy atom. The largest absolute Gasteiger partial charge is 0.481 e. The van der Waals surface area contributed by atoms with Crippen LogP contribution in [0.3, 0.4) is 0 Å². The molecular weight excluding hydrogens is 192 g/mol. The van der Waals surface area contributed by atoms with E-state index < -0.39 is 0 Å². The van der Waals surface area contributed by atoms with Crippen molar-refractivity contribution in [2.24, 2.45) is 0 Å². The quantitative estimate of drug-likeness (QED) is 0.756. The van der Waals surface area contributed by atoms with Gasteiger partial charge in [0.2, 0.25) is 11.8 Å². The van der Waals surface area contributed by atoms with Crippen molar-refractivity contribution < 1.29 is 4.74 Å². The summed E-state index contributed by atoms with van der Waals surface area (Å²) in [6.45, 7) is 4.01. The summed E-state index contributed by atoms with van der Waals surface area (Å²) in [5.41, 5.74) is 0. The summed E-state index contributed by atoms with van der Waals surface area (Å²) in [4.78, 5) is 10.8. The summed E-state index contributed by atoms with van der Waals surface area (Å²) in [6.07, 6.45) is 2.86. The Morgan fingerprint density at radius 2 is 2.33 bits per heavy atom. The Bertz CT molecular complexity index is 310. The van der Waals surface area contributed by atoms with Gasteiger partial charge >= 0.3 is 0 Å². The fourth-order valence-electron chi connectivity index (χ4n) is 1.64. The van der Waals surface area contributed by atoms with Crippen LogP contribution in [0, 0.1) is 0 Å². The highest BCUT2D eigenvalue weighted by atomic mass is 16.5. The van der Waals surface area contributed by atoms with E-state index in [-0.39, 0.29) is 0 Å². The van der Waals surface area contributed by atoms with Crippen molar-refractivity contribution in [2.45, 2.75) is 6.42 Å². The molecule has 0 saturated carbocycles. The Balaban J connectivity index is 2.12. The van der Waals surface area contributed by atoms with Gasteiger partial charge in [0.15, 0.2) is 0 Å². The summed E-state index contributed by atoms with van der Waals surface area (Å²) in [7, 11) is 1.62. The Kier molecular flexibility index (Phi) is 3.34. The van der Waals surface area contributed by atoms with Crippen LogP contribution in [0.2, 0.25) is 0 Å². The van der Waals surface area contributed by atoms with E-state index >= 15 is 0 Å². The van der Waals surface area contributed by atoms with Gasteiger partial charge in [-0.3, -0.25) is 0 Å². The predicted octanol–water partition coefficient (Wildman–Crippen LogP) is 0.285. The van der Waals surface area contributed by atoms with E-state index in [2.05, 4.69) is 20.2 Å². The Hall–Kier alpha value is -1.36. The molecule has 0 bridgehead atoms. The van der Waals surface area contributed by atoms with Crippen LogP contribution >= 0.6 is 0 Å². The second-order valence-electron chi connectivity index (χ2n) is 3.49. The zero-order valence-electron chi connectivity index (χ0n) is 8.94. The third-order valence-electron chi connectivity index (χ3n) is 2.45. The standard InChI is InChI=1S/C10H16N4O/c1-15-9-3-5-12-10(13-9)14-7-2-4-11-6-8-14/h3,5,11H,2,4,6-8H2,1H3. The van der Waals surface area contributed by atoms with E-state index in [4.69, 9.17) is 4.74 Å². The average molecular weight is 208 g/mol. The third kappa shape index (κ3) is 2.56. The van der Waals surface area contributed by atoms with E-state index in [1.165, 1.54) is 0 Å². The molecule has 0 aliphatic carbocycles. The van der Waals surface area contributed by atoms with E-state index in [0.29, 0.717) is 5.88 Å². The Morgan fingerprint density at radius 3 is 3.20 bits per heavy atom. The van der Waals surface area contributed by atoms with Crippen LogP contribution in [0.15, 0.2) is 12.3 Å². The molecule has 0 radical (unpaired) electrons. The first-order chi connectivity index (χ1) is 7.40. The highest BCUT2D eigenvalue weighted by Gasteiger charge is 2.12. The van der Waals surface area contributed by atoms with Gasteiger partial charge in [0, 0.05) is 31.9 Å². The monoisotopic (exact) mass is 208 g/mol. The van der Waals surface area contributed by atoms with Crippen LogP contribution < -0.4 is 15.0 Å². The number of nitrogens with one attached hydrogen (secondary N) is 1. The van der Waals surface area contributed by atoms with E-state index in [0.717, 1.165) is 38.5 Å². The van der Waals surface area contributed by atoms with Crippen molar-refractivity contribution in [1.29, 1.82) is 0 Å².